The molecule has 1 aromatic rings. The van der Waals surface area contributed by atoms with Crippen molar-refractivity contribution in [2.75, 3.05) is 53.1 Å². The monoisotopic (exact) mass is 536 g/mol. The van der Waals surface area contributed by atoms with Crippen molar-refractivity contribution < 1.29 is 32.2 Å². The van der Waals surface area contributed by atoms with Crippen molar-refractivity contribution >= 4 is 30.2 Å². The van der Waals surface area contributed by atoms with Crippen molar-refractivity contribution in [1.29, 1.82) is 0 Å². The van der Waals surface area contributed by atoms with Crippen LogP contribution in [0.3, 0.4) is 0 Å². The number of hydrogen-bond donors (Lipinski definition) is 1. The lowest BCUT2D eigenvalue weighted by Crippen LogP contribution is -2.50. The van der Waals surface area contributed by atoms with Gasteiger partial charge in [0.1, 0.15) is 12.7 Å². The third kappa shape index (κ3) is 8.91. The lowest BCUT2D eigenvalue weighted by molar-refractivity contribution is -0.141. The predicted octanol–water partition coefficient (Wildman–Crippen LogP) is 1.89. The molecule has 15 heteroatoms. The molecule has 0 aromatic carbocycles. The number of aliphatic imine (C=N–C) groups is 2. The van der Waals surface area contributed by atoms with E-state index in [4.69, 9.17) is 25.8 Å². The molecule has 1 aliphatic rings. The quantitative estimate of drug-likeness (QED) is 0.358. The summed E-state index contributed by atoms with van der Waals surface area (Å²) in [5.41, 5.74) is -2.90. The van der Waals surface area contributed by atoms with Crippen molar-refractivity contribution in [3.63, 3.8) is 0 Å². The Hall–Kier alpha value is -2.97. The summed E-state index contributed by atoms with van der Waals surface area (Å²) in [5.74, 6) is -0.456. The van der Waals surface area contributed by atoms with E-state index in [1.54, 1.807) is 16.9 Å². The van der Waals surface area contributed by atoms with Gasteiger partial charge in [-0.1, -0.05) is 11.6 Å². The van der Waals surface area contributed by atoms with E-state index in [-0.39, 0.29) is 32.1 Å². The first-order valence-electron chi connectivity index (χ1n) is 10.8. The van der Waals surface area contributed by atoms with Crippen molar-refractivity contribution in [1.82, 2.24) is 20.0 Å². The van der Waals surface area contributed by atoms with E-state index in [0.29, 0.717) is 37.2 Å². The van der Waals surface area contributed by atoms with Crippen molar-refractivity contribution in [2.45, 2.75) is 25.6 Å². The van der Waals surface area contributed by atoms with Crippen LogP contribution < -0.4 is 10.3 Å². The molecule has 1 fully saturated rings. The van der Waals surface area contributed by atoms with Gasteiger partial charge in [0.2, 0.25) is 11.9 Å². The van der Waals surface area contributed by atoms with E-state index < -0.39 is 29.2 Å². The zero-order valence-electron chi connectivity index (χ0n) is 19.9. The lowest BCUT2D eigenvalue weighted by atomic mass is 10.2. The van der Waals surface area contributed by atoms with Crippen LogP contribution in [0.15, 0.2) is 32.2 Å². The van der Waals surface area contributed by atoms with Crippen LogP contribution in [0.2, 0.25) is 0 Å². The molecule has 200 valence electrons. The topological polar surface area (TPSA) is 122 Å². The molecule has 1 amide bonds. The second-order valence-corrected chi connectivity index (χ2v) is 8.21. The number of aromatic nitrogens is 2. The highest BCUT2D eigenvalue weighted by Crippen LogP contribution is 2.32. The number of hydrogen-bond acceptors (Lipinski definition) is 7. The molecule has 0 unspecified atom stereocenters. The lowest BCUT2D eigenvalue weighted by Gasteiger charge is -2.35. The van der Waals surface area contributed by atoms with Crippen LogP contribution in [-0.4, -0.2) is 97.8 Å². The van der Waals surface area contributed by atoms with Crippen molar-refractivity contribution in [2.24, 2.45) is 9.98 Å². The minimum atomic E-state index is -4.92. The SMILES string of the molecule is C=N/C(=N\C=C(/C)Cl)N1CCN(C(=O)CCO[C@H](COC)COc2cn[nH]c(=O)c2C(F)(F)F)CC1. The van der Waals surface area contributed by atoms with Gasteiger partial charge in [-0.05, 0) is 13.6 Å². The van der Waals surface area contributed by atoms with E-state index in [2.05, 4.69) is 21.8 Å². The number of amides is 1. The zero-order chi connectivity index (χ0) is 26.7. The van der Waals surface area contributed by atoms with Gasteiger partial charge in [0.25, 0.3) is 5.56 Å². The van der Waals surface area contributed by atoms with Crippen LogP contribution in [0.25, 0.3) is 0 Å². The highest BCUT2D eigenvalue weighted by atomic mass is 35.5. The molecule has 2 heterocycles. The molecule has 0 aliphatic carbocycles. The predicted molar refractivity (Wildman–Crippen MR) is 126 cm³/mol. The van der Waals surface area contributed by atoms with Gasteiger partial charge in [0.05, 0.1) is 25.8 Å². The average Bonchev–Trinajstić information content (AvgIpc) is 2.82. The van der Waals surface area contributed by atoms with E-state index in [1.165, 1.54) is 13.3 Å². The Morgan fingerprint density at radius 2 is 1.97 bits per heavy atom. The maximum atomic E-state index is 13.2. The Kier molecular flexibility index (Phi) is 11.3. The number of rotatable bonds is 10. The smallest absolute Gasteiger partial charge is 0.425 e. The number of aromatic amines is 1. The number of halogens is 4. The van der Waals surface area contributed by atoms with Gasteiger partial charge in [-0.15, -0.1) is 0 Å². The molecular formula is C21H28ClF3N6O5. The number of nitrogens with one attached hydrogen (secondary N) is 1. The molecule has 0 radical (unpaired) electrons. The van der Waals surface area contributed by atoms with E-state index in [1.807, 2.05) is 4.90 Å². The first kappa shape index (κ1) is 29.3. The molecule has 11 nitrogen and oxygen atoms in total. The first-order valence-corrected chi connectivity index (χ1v) is 11.2. The maximum absolute atomic E-state index is 13.2. The Labute approximate surface area is 210 Å². The molecule has 36 heavy (non-hydrogen) atoms. The van der Waals surface area contributed by atoms with Gasteiger partial charge < -0.3 is 24.0 Å². The highest BCUT2D eigenvalue weighted by Gasteiger charge is 2.38. The maximum Gasteiger partial charge on any atom is 0.425 e. The number of ether oxygens (including phenoxy) is 3. The normalized spacial score (nSPS) is 16.2. The van der Waals surface area contributed by atoms with Crippen LogP contribution in [0, 0.1) is 0 Å². The average molecular weight is 537 g/mol. The Balaban J connectivity index is 1.85. The van der Waals surface area contributed by atoms with E-state index >= 15 is 0 Å². The standard InChI is InChI=1S/C21H28ClF3N6O5/c1-14(22)10-27-20(26-2)31-7-5-30(6-8-31)17(32)4-9-35-15(12-34-3)13-36-16-11-28-29-19(33)18(16)21(23,24)25/h10-11,15H,2,4-9,12-13H2,1,3H3,(H,29,33)/b14-10+,27-20+/t15-/m1/s1. The van der Waals surface area contributed by atoms with Crippen LogP contribution in [0.5, 0.6) is 5.75 Å². The largest absolute Gasteiger partial charge is 0.488 e. The fourth-order valence-corrected chi connectivity index (χ4v) is 3.32. The van der Waals surface area contributed by atoms with Crippen molar-refractivity contribution in [3.8, 4) is 5.75 Å². The molecule has 1 N–H and O–H groups in total. The van der Waals surface area contributed by atoms with Gasteiger partial charge in [-0.2, -0.15) is 18.3 Å². The number of carbonyl (C=O) groups excluding carboxylic acids is 1. The Morgan fingerprint density at radius 3 is 2.56 bits per heavy atom. The second kappa shape index (κ2) is 13.9. The summed E-state index contributed by atoms with van der Waals surface area (Å²) in [4.78, 5) is 35.7. The molecule has 0 spiro atoms. The summed E-state index contributed by atoms with van der Waals surface area (Å²) in [6.45, 7) is 6.74. The molecule has 1 aliphatic heterocycles. The number of guanidine groups is 1. The number of methoxy groups -OCH3 is 1. The summed E-state index contributed by atoms with van der Waals surface area (Å²) < 4.78 is 55.3. The summed E-state index contributed by atoms with van der Waals surface area (Å²) in [6, 6.07) is 0. The first-order chi connectivity index (χ1) is 17.1. The Morgan fingerprint density at radius 1 is 1.31 bits per heavy atom. The molecule has 0 saturated carbocycles. The number of alkyl halides is 3. The highest BCUT2D eigenvalue weighted by molar-refractivity contribution is 6.29. The van der Waals surface area contributed by atoms with Crippen LogP contribution in [0.4, 0.5) is 13.2 Å². The molecule has 0 bridgehead atoms. The summed E-state index contributed by atoms with van der Waals surface area (Å²) in [7, 11) is 1.39. The molecule has 1 atom stereocenters. The Bertz CT molecular complexity index is 1000. The molecular weight excluding hydrogens is 509 g/mol. The van der Waals surface area contributed by atoms with Crippen molar-refractivity contribution in [3.05, 3.63) is 33.3 Å². The zero-order valence-corrected chi connectivity index (χ0v) is 20.6. The van der Waals surface area contributed by atoms with Crippen LogP contribution in [0.1, 0.15) is 18.9 Å². The second-order valence-electron chi connectivity index (χ2n) is 7.62. The molecule has 1 saturated heterocycles. The summed E-state index contributed by atoms with van der Waals surface area (Å²) in [5, 5.41) is 5.57. The fourth-order valence-electron chi connectivity index (χ4n) is 3.27. The third-order valence-electron chi connectivity index (χ3n) is 4.97. The number of allylic oxidation sites excluding steroid dienone is 1. The number of piperazine rings is 1. The third-order valence-corrected chi connectivity index (χ3v) is 5.06. The van der Waals surface area contributed by atoms with Gasteiger partial charge in [0, 0.05) is 44.5 Å². The summed E-state index contributed by atoms with van der Waals surface area (Å²) >= 11 is 5.79. The summed E-state index contributed by atoms with van der Waals surface area (Å²) in [6.07, 6.45) is -3.42. The van der Waals surface area contributed by atoms with Crippen LogP contribution >= 0.6 is 11.6 Å². The number of H-pyrrole nitrogens is 1. The minimum Gasteiger partial charge on any atom is -0.488 e. The number of nitrogens with zero attached hydrogens (tertiary/aromatic N) is 5. The van der Waals surface area contributed by atoms with Gasteiger partial charge in [-0.25, -0.2) is 15.1 Å². The van der Waals surface area contributed by atoms with Crippen LogP contribution in [-0.2, 0) is 20.4 Å². The van der Waals surface area contributed by atoms with E-state index in [9.17, 15) is 22.8 Å². The van der Waals surface area contributed by atoms with Gasteiger partial charge >= 0.3 is 6.18 Å². The fraction of sp³-hybridized carbons (Fsp3) is 0.571. The number of carbonyl (C=O) groups is 1. The van der Waals surface area contributed by atoms with Gasteiger partial charge in [0.15, 0.2) is 11.3 Å². The van der Waals surface area contributed by atoms with E-state index in [0.717, 1.165) is 6.20 Å². The minimum absolute atomic E-state index is 0.00226. The molecule has 1 aromatic heterocycles. The van der Waals surface area contributed by atoms with Gasteiger partial charge in [-0.3, -0.25) is 9.59 Å². The molecule has 2 rings (SSSR count).